The molecule has 0 fully saturated rings. The monoisotopic (exact) mass is 286 g/mol. The SMILES string of the molecule is COc1ccc(C)cc1-n1cc2c(n1)CCC(C(=O)O)C2. The number of carboxylic acids is 1. The molecule has 0 saturated carbocycles. The molecule has 1 aromatic heterocycles. The summed E-state index contributed by atoms with van der Waals surface area (Å²) >= 11 is 0. The van der Waals surface area contributed by atoms with Gasteiger partial charge in [-0.1, -0.05) is 6.07 Å². The molecule has 0 radical (unpaired) electrons. The quantitative estimate of drug-likeness (QED) is 0.941. The van der Waals surface area contributed by atoms with E-state index in [4.69, 9.17) is 9.84 Å². The molecule has 1 aliphatic rings. The van der Waals surface area contributed by atoms with Crippen molar-refractivity contribution in [1.82, 2.24) is 9.78 Å². The normalized spacial score (nSPS) is 17.3. The number of nitrogens with zero attached hydrogens (tertiary/aromatic N) is 2. The molecular weight excluding hydrogens is 268 g/mol. The predicted molar refractivity (Wildman–Crippen MR) is 78.0 cm³/mol. The van der Waals surface area contributed by atoms with Crippen LogP contribution in [0.1, 0.15) is 23.2 Å². The van der Waals surface area contributed by atoms with Crippen LogP contribution in [0.2, 0.25) is 0 Å². The van der Waals surface area contributed by atoms with Crippen molar-refractivity contribution in [2.24, 2.45) is 5.92 Å². The van der Waals surface area contributed by atoms with Crippen LogP contribution in [0.3, 0.4) is 0 Å². The Labute approximate surface area is 123 Å². The maximum atomic E-state index is 11.1. The van der Waals surface area contributed by atoms with Gasteiger partial charge in [0.1, 0.15) is 11.4 Å². The van der Waals surface area contributed by atoms with Crippen molar-refractivity contribution in [2.45, 2.75) is 26.2 Å². The third kappa shape index (κ3) is 2.51. The third-order valence-corrected chi connectivity index (χ3v) is 4.00. The van der Waals surface area contributed by atoms with Crippen molar-refractivity contribution in [3.05, 3.63) is 41.2 Å². The average Bonchev–Trinajstić information content (AvgIpc) is 2.89. The van der Waals surface area contributed by atoms with E-state index < -0.39 is 5.97 Å². The van der Waals surface area contributed by atoms with Crippen molar-refractivity contribution >= 4 is 5.97 Å². The van der Waals surface area contributed by atoms with Gasteiger partial charge in [-0.3, -0.25) is 4.79 Å². The van der Waals surface area contributed by atoms with Crippen molar-refractivity contribution in [3.63, 3.8) is 0 Å². The summed E-state index contributed by atoms with van der Waals surface area (Å²) < 4.78 is 7.20. The molecule has 1 aliphatic carbocycles. The molecule has 1 N–H and O–H groups in total. The molecule has 0 spiro atoms. The summed E-state index contributed by atoms with van der Waals surface area (Å²) in [6.45, 7) is 2.02. The maximum absolute atomic E-state index is 11.1. The van der Waals surface area contributed by atoms with Crippen LogP contribution in [0.5, 0.6) is 5.75 Å². The minimum atomic E-state index is -0.721. The van der Waals surface area contributed by atoms with Gasteiger partial charge in [-0.2, -0.15) is 5.10 Å². The first-order valence-corrected chi connectivity index (χ1v) is 7.03. The average molecular weight is 286 g/mol. The Morgan fingerprint density at radius 2 is 2.29 bits per heavy atom. The smallest absolute Gasteiger partial charge is 0.306 e. The Bertz CT molecular complexity index is 691. The minimum Gasteiger partial charge on any atom is -0.494 e. The number of aromatic nitrogens is 2. The van der Waals surface area contributed by atoms with Gasteiger partial charge < -0.3 is 9.84 Å². The molecule has 0 amide bonds. The maximum Gasteiger partial charge on any atom is 0.306 e. The van der Waals surface area contributed by atoms with Crippen LogP contribution in [0.4, 0.5) is 0 Å². The van der Waals surface area contributed by atoms with E-state index in [1.54, 1.807) is 11.8 Å². The van der Waals surface area contributed by atoms with Gasteiger partial charge in [0.15, 0.2) is 0 Å². The highest BCUT2D eigenvalue weighted by atomic mass is 16.5. The molecule has 21 heavy (non-hydrogen) atoms. The van der Waals surface area contributed by atoms with E-state index >= 15 is 0 Å². The van der Waals surface area contributed by atoms with Gasteiger partial charge in [0.05, 0.1) is 18.7 Å². The molecule has 0 saturated heterocycles. The molecule has 5 nitrogen and oxygen atoms in total. The number of fused-ring (bicyclic) bond motifs is 1. The van der Waals surface area contributed by atoms with E-state index in [9.17, 15) is 4.79 Å². The first-order chi connectivity index (χ1) is 10.1. The molecule has 1 atom stereocenters. The second-order valence-electron chi connectivity index (χ2n) is 5.50. The molecule has 1 heterocycles. The van der Waals surface area contributed by atoms with Crippen molar-refractivity contribution < 1.29 is 14.6 Å². The lowest BCUT2D eigenvalue weighted by Crippen LogP contribution is -2.21. The van der Waals surface area contributed by atoms with Crippen molar-refractivity contribution in [3.8, 4) is 11.4 Å². The Kier molecular flexibility index (Phi) is 3.41. The lowest BCUT2D eigenvalue weighted by molar-refractivity contribution is -0.142. The highest BCUT2D eigenvalue weighted by molar-refractivity contribution is 5.70. The van der Waals surface area contributed by atoms with Crippen molar-refractivity contribution in [1.29, 1.82) is 0 Å². The topological polar surface area (TPSA) is 64.4 Å². The van der Waals surface area contributed by atoms with Crippen LogP contribution in [0.25, 0.3) is 5.69 Å². The van der Waals surface area contributed by atoms with Crippen LogP contribution in [-0.4, -0.2) is 28.0 Å². The summed E-state index contributed by atoms with van der Waals surface area (Å²) in [6.07, 6.45) is 3.86. The Balaban J connectivity index is 1.99. The van der Waals surface area contributed by atoms with Gasteiger partial charge in [0.2, 0.25) is 0 Å². The zero-order valence-electron chi connectivity index (χ0n) is 12.2. The highest BCUT2D eigenvalue weighted by Gasteiger charge is 2.26. The number of aryl methyl sites for hydroxylation is 2. The number of hydrogen-bond acceptors (Lipinski definition) is 3. The number of methoxy groups -OCH3 is 1. The number of carboxylic acid groups (broad SMARTS) is 1. The molecule has 0 aliphatic heterocycles. The Hall–Kier alpha value is -2.30. The van der Waals surface area contributed by atoms with Crippen LogP contribution >= 0.6 is 0 Å². The molecular formula is C16H18N2O3. The zero-order valence-corrected chi connectivity index (χ0v) is 12.2. The van der Waals surface area contributed by atoms with Crippen LogP contribution in [0.15, 0.2) is 24.4 Å². The van der Waals surface area contributed by atoms with Crippen LogP contribution < -0.4 is 4.74 Å². The zero-order chi connectivity index (χ0) is 15.0. The molecule has 3 rings (SSSR count). The standard InChI is InChI=1S/C16H18N2O3/c1-10-3-6-15(21-2)14(7-10)18-9-12-8-11(16(19)20)4-5-13(12)17-18/h3,6-7,9,11H,4-5,8H2,1-2H3,(H,19,20). The second-order valence-corrected chi connectivity index (χ2v) is 5.50. The van der Waals surface area contributed by atoms with E-state index in [0.29, 0.717) is 19.3 Å². The summed E-state index contributed by atoms with van der Waals surface area (Å²) in [6, 6.07) is 5.93. The number of aliphatic carboxylic acids is 1. The van der Waals surface area contributed by atoms with Gasteiger partial charge in [-0.05, 0) is 49.4 Å². The number of hydrogen-bond donors (Lipinski definition) is 1. The number of carbonyl (C=O) groups is 1. The second kappa shape index (κ2) is 5.24. The molecule has 2 aromatic rings. The summed E-state index contributed by atoms with van der Waals surface area (Å²) in [5, 5.41) is 13.8. The Morgan fingerprint density at radius 3 is 3.00 bits per heavy atom. The van der Waals surface area contributed by atoms with Gasteiger partial charge >= 0.3 is 5.97 Å². The van der Waals surface area contributed by atoms with Gasteiger partial charge in [0.25, 0.3) is 0 Å². The first kappa shape index (κ1) is 13.7. The third-order valence-electron chi connectivity index (χ3n) is 4.00. The van der Waals surface area contributed by atoms with E-state index in [0.717, 1.165) is 28.3 Å². The molecule has 5 heteroatoms. The molecule has 1 aromatic carbocycles. The van der Waals surface area contributed by atoms with Crippen LogP contribution in [0, 0.1) is 12.8 Å². The van der Waals surface area contributed by atoms with E-state index in [2.05, 4.69) is 5.10 Å². The number of benzene rings is 1. The number of ether oxygens (including phenoxy) is 1. The predicted octanol–water partition coefficient (Wildman–Crippen LogP) is 2.38. The van der Waals surface area contributed by atoms with E-state index in [-0.39, 0.29) is 5.92 Å². The fraction of sp³-hybridized carbons (Fsp3) is 0.375. The fourth-order valence-corrected chi connectivity index (χ4v) is 2.82. The lowest BCUT2D eigenvalue weighted by atomic mass is 9.88. The van der Waals surface area contributed by atoms with Gasteiger partial charge in [0, 0.05) is 6.20 Å². The van der Waals surface area contributed by atoms with Crippen molar-refractivity contribution in [2.75, 3.05) is 7.11 Å². The fourth-order valence-electron chi connectivity index (χ4n) is 2.82. The summed E-state index contributed by atoms with van der Waals surface area (Å²) in [4.78, 5) is 11.1. The summed E-state index contributed by atoms with van der Waals surface area (Å²) in [7, 11) is 1.64. The van der Waals surface area contributed by atoms with Gasteiger partial charge in [-0.15, -0.1) is 0 Å². The summed E-state index contributed by atoms with van der Waals surface area (Å²) in [5.74, 6) is -0.258. The first-order valence-electron chi connectivity index (χ1n) is 7.03. The molecule has 1 unspecified atom stereocenters. The van der Waals surface area contributed by atoms with Crippen LogP contribution in [-0.2, 0) is 17.6 Å². The molecule has 0 bridgehead atoms. The van der Waals surface area contributed by atoms with E-state index in [1.165, 1.54) is 0 Å². The van der Waals surface area contributed by atoms with E-state index in [1.807, 2.05) is 31.3 Å². The van der Waals surface area contributed by atoms with Gasteiger partial charge in [-0.25, -0.2) is 4.68 Å². The molecule has 110 valence electrons. The lowest BCUT2D eigenvalue weighted by Gasteiger charge is -2.16. The highest BCUT2D eigenvalue weighted by Crippen LogP contribution is 2.29. The summed E-state index contributed by atoms with van der Waals surface area (Å²) in [5.41, 5.74) is 4.04. The largest absolute Gasteiger partial charge is 0.494 e. The number of rotatable bonds is 3. The minimum absolute atomic E-state index is 0.297. The Morgan fingerprint density at radius 1 is 1.48 bits per heavy atom.